The van der Waals surface area contributed by atoms with Gasteiger partial charge >= 0.3 is 12.6 Å². The van der Waals surface area contributed by atoms with Crippen LogP contribution in [0.25, 0.3) is 5.69 Å². The maximum Gasteiger partial charge on any atom is 0.387 e. The van der Waals surface area contributed by atoms with E-state index in [2.05, 4.69) is 10.1 Å². The summed E-state index contributed by atoms with van der Waals surface area (Å²) in [6.07, 6.45) is 0. The lowest BCUT2D eigenvalue weighted by Crippen LogP contribution is -2.45. The van der Waals surface area contributed by atoms with Gasteiger partial charge in [0.2, 0.25) is 5.78 Å². The minimum absolute atomic E-state index is 0.0264. The maximum absolute atomic E-state index is 12.9. The van der Waals surface area contributed by atoms with Crippen LogP contribution in [0.3, 0.4) is 0 Å². The van der Waals surface area contributed by atoms with E-state index >= 15 is 0 Å². The third kappa shape index (κ3) is 6.35. The molecule has 0 aliphatic heterocycles. The second-order valence-electron chi connectivity index (χ2n) is 8.58. The number of alkyl halides is 2. The number of benzene rings is 2. The number of carbonyl (C=O) groups is 3. The molecule has 0 spiro atoms. The molecule has 1 amide bonds. The highest BCUT2D eigenvalue weighted by Gasteiger charge is 2.27. The van der Waals surface area contributed by atoms with Crippen LogP contribution in [0.5, 0.6) is 5.75 Å². The number of nitrogens with one attached hydrogen (secondary N) is 1. The summed E-state index contributed by atoms with van der Waals surface area (Å²) in [5.41, 5.74) is 2.77. The van der Waals surface area contributed by atoms with Gasteiger partial charge in [0, 0.05) is 28.2 Å². The van der Waals surface area contributed by atoms with Gasteiger partial charge in [-0.2, -0.15) is 8.78 Å². The number of carbonyl (C=O) groups excluding carboxylic acids is 3. The number of ether oxygens (including phenoxy) is 2. The highest BCUT2D eigenvalue weighted by atomic mass is 19.3. The largest absolute Gasteiger partial charge is 0.456 e. The predicted molar refractivity (Wildman–Crippen MR) is 130 cm³/mol. The molecule has 0 fully saturated rings. The van der Waals surface area contributed by atoms with Crippen molar-refractivity contribution in [3.63, 3.8) is 0 Å². The Hall–Kier alpha value is -4.01. The van der Waals surface area contributed by atoms with Crippen molar-refractivity contribution in [3.8, 4) is 11.4 Å². The number of rotatable bonds is 10. The lowest BCUT2D eigenvalue weighted by Gasteiger charge is -2.20. The summed E-state index contributed by atoms with van der Waals surface area (Å²) in [5.74, 6) is -1.75. The molecule has 1 heterocycles. The van der Waals surface area contributed by atoms with Gasteiger partial charge in [-0.15, -0.1) is 0 Å². The monoisotopic (exact) mass is 498 g/mol. The molecule has 0 radical (unpaired) electrons. The van der Waals surface area contributed by atoms with E-state index < -0.39 is 36.9 Å². The van der Waals surface area contributed by atoms with Crippen molar-refractivity contribution in [2.45, 2.75) is 40.3 Å². The van der Waals surface area contributed by atoms with Crippen LogP contribution in [0.15, 0.2) is 60.7 Å². The van der Waals surface area contributed by atoms with Crippen LogP contribution in [0, 0.1) is 19.8 Å². The summed E-state index contributed by atoms with van der Waals surface area (Å²) < 4.78 is 36.3. The lowest BCUT2D eigenvalue weighted by molar-refractivity contribution is -0.145. The highest BCUT2D eigenvalue weighted by Crippen LogP contribution is 2.24. The summed E-state index contributed by atoms with van der Waals surface area (Å²) >= 11 is 0. The zero-order chi connectivity index (χ0) is 26.4. The van der Waals surface area contributed by atoms with Crippen molar-refractivity contribution in [2.24, 2.45) is 5.92 Å². The van der Waals surface area contributed by atoms with Gasteiger partial charge in [0.25, 0.3) is 5.91 Å². The molecule has 1 atom stereocenters. The quantitative estimate of drug-likeness (QED) is 0.318. The zero-order valence-corrected chi connectivity index (χ0v) is 20.5. The Labute approximate surface area is 208 Å². The van der Waals surface area contributed by atoms with Crippen LogP contribution in [0.2, 0.25) is 0 Å². The van der Waals surface area contributed by atoms with Gasteiger partial charge in [-0.05, 0) is 62.2 Å². The fraction of sp³-hybridized carbons (Fsp3) is 0.296. The van der Waals surface area contributed by atoms with Gasteiger partial charge in [-0.3, -0.25) is 9.59 Å². The Balaban J connectivity index is 1.68. The van der Waals surface area contributed by atoms with Crippen molar-refractivity contribution in [2.75, 3.05) is 6.61 Å². The van der Waals surface area contributed by atoms with Gasteiger partial charge in [-0.25, -0.2) is 4.79 Å². The Morgan fingerprint density at radius 3 is 2.19 bits per heavy atom. The molecule has 0 unspecified atom stereocenters. The molecular weight excluding hydrogens is 470 g/mol. The average Bonchev–Trinajstić information content (AvgIpc) is 3.15. The molecule has 1 aromatic heterocycles. The van der Waals surface area contributed by atoms with E-state index in [0.29, 0.717) is 22.5 Å². The molecule has 0 bridgehead atoms. The fourth-order valence-corrected chi connectivity index (χ4v) is 3.84. The van der Waals surface area contributed by atoms with E-state index in [9.17, 15) is 23.2 Å². The first-order chi connectivity index (χ1) is 17.1. The normalized spacial score (nSPS) is 11.9. The van der Waals surface area contributed by atoms with Crippen molar-refractivity contribution in [1.82, 2.24) is 9.88 Å². The Kier molecular flexibility index (Phi) is 8.58. The smallest absolute Gasteiger partial charge is 0.387 e. The topological polar surface area (TPSA) is 86.6 Å². The summed E-state index contributed by atoms with van der Waals surface area (Å²) in [4.78, 5) is 38.1. The molecule has 1 N–H and O–H groups in total. The highest BCUT2D eigenvalue weighted by molar-refractivity contribution is 6.00. The molecule has 7 nitrogen and oxygen atoms in total. The van der Waals surface area contributed by atoms with Gasteiger partial charge in [0.05, 0.1) is 0 Å². The van der Waals surface area contributed by atoms with Crippen LogP contribution in [-0.2, 0) is 9.53 Å². The van der Waals surface area contributed by atoms with Crippen molar-refractivity contribution in [1.29, 1.82) is 0 Å². The first kappa shape index (κ1) is 26.6. The van der Waals surface area contributed by atoms with Crippen LogP contribution in [-0.4, -0.2) is 41.5 Å². The molecule has 0 saturated heterocycles. The Morgan fingerprint density at radius 1 is 0.972 bits per heavy atom. The van der Waals surface area contributed by atoms with Crippen molar-refractivity contribution in [3.05, 3.63) is 83.2 Å². The number of Topliss-reactive ketones (excluding diaryl/α,β-unsaturated/α-hetero) is 1. The number of aromatic nitrogens is 1. The number of halogens is 2. The van der Waals surface area contributed by atoms with Crippen molar-refractivity contribution < 1.29 is 32.6 Å². The lowest BCUT2D eigenvalue weighted by atomic mass is 10.0. The van der Waals surface area contributed by atoms with E-state index in [4.69, 9.17) is 4.74 Å². The minimum atomic E-state index is -2.92. The molecular formula is C27H28F2N2O5. The third-order valence-corrected chi connectivity index (χ3v) is 5.64. The zero-order valence-electron chi connectivity index (χ0n) is 20.5. The number of esters is 1. The average molecular weight is 499 g/mol. The van der Waals surface area contributed by atoms with E-state index in [1.807, 2.05) is 0 Å². The van der Waals surface area contributed by atoms with Crippen LogP contribution < -0.4 is 10.1 Å². The van der Waals surface area contributed by atoms with Gasteiger partial charge in [0.15, 0.2) is 6.61 Å². The molecule has 190 valence electrons. The molecule has 3 aromatic rings. The van der Waals surface area contributed by atoms with Gasteiger partial charge in [-0.1, -0.05) is 32.0 Å². The molecule has 36 heavy (non-hydrogen) atoms. The number of hydrogen-bond acceptors (Lipinski definition) is 5. The first-order valence-corrected chi connectivity index (χ1v) is 11.4. The first-order valence-electron chi connectivity index (χ1n) is 11.4. The van der Waals surface area contributed by atoms with Crippen LogP contribution >= 0.6 is 0 Å². The van der Waals surface area contributed by atoms with Crippen LogP contribution in [0.1, 0.15) is 46.0 Å². The molecule has 3 rings (SSSR count). The molecule has 2 aromatic carbocycles. The minimum Gasteiger partial charge on any atom is -0.456 e. The number of ketones is 1. The second-order valence-corrected chi connectivity index (χ2v) is 8.58. The number of amides is 1. The summed E-state index contributed by atoms with van der Waals surface area (Å²) in [6, 6.07) is 15.3. The number of hydrogen-bond donors (Lipinski definition) is 1. The van der Waals surface area contributed by atoms with Gasteiger partial charge in [0.1, 0.15) is 11.8 Å². The fourth-order valence-electron chi connectivity index (χ4n) is 3.84. The molecule has 0 aliphatic carbocycles. The van der Waals surface area contributed by atoms with Crippen molar-refractivity contribution >= 4 is 17.7 Å². The van der Waals surface area contributed by atoms with E-state index in [-0.39, 0.29) is 11.7 Å². The standard InChI is InChI=1S/C27H28F2N2O5/c1-16(2)24(30-25(33)19-8-6-5-7-9-19)26(34)35-15-23(32)22-14-17(3)31(18(22)4)20-10-12-21(13-11-20)36-27(28)29/h5-14,16,24,27H,15H2,1-4H3,(H,30,33)/t24-/m0/s1. The van der Waals surface area contributed by atoms with Crippen LogP contribution in [0.4, 0.5) is 8.78 Å². The summed E-state index contributed by atoms with van der Waals surface area (Å²) in [7, 11) is 0. The third-order valence-electron chi connectivity index (χ3n) is 5.64. The van der Waals surface area contributed by atoms with E-state index in [0.717, 1.165) is 5.69 Å². The molecule has 0 saturated carbocycles. The number of aryl methyl sites for hydroxylation is 1. The van der Waals surface area contributed by atoms with Gasteiger partial charge < -0.3 is 19.4 Å². The maximum atomic E-state index is 12.9. The summed E-state index contributed by atoms with van der Waals surface area (Å²) in [5, 5.41) is 2.67. The Morgan fingerprint density at radius 2 is 1.61 bits per heavy atom. The molecule has 0 aliphatic rings. The second kappa shape index (κ2) is 11.6. The molecule has 9 heteroatoms. The SMILES string of the molecule is Cc1cc(C(=O)COC(=O)[C@@H](NC(=O)c2ccccc2)C(C)C)c(C)n1-c1ccc(OC(F)F)cc1. The predicted octanol–water partition coefficient (Wildman–Crippen LogP) is 4.88. The number of nitrogens with zero attached hydrogens (tertiary/aromatic N) is 1. The van der Waals surface area contributed by atoms with E-state index in [1.54, 1.807) is 80.8 Å². The van der Waals surface area contributed by atoms with E-state index in [1.165, 1.54) is 12.1 Å². The Bertz CT molecular complexity index is 1220. The summed E-state index contributed by atoms with van der Waals surface area (Å²) in [6.45, 7) is 3.67.